The van der Waals surface area contributed by atoms with Gasteiger partial charge in [0.2, 0.25) is 0 Å². The summed E-state index contributed by atoms with van der Waals surface area (Å²) in [5.74, 6) is 1.57. The van der Waals surface area contributed by atoms with E-state index in [0.717, 1.165) is 41.9 Å². The largest absolute Gasteiger partial charge is 0.496 e. The van der Waals surface area contributed by atoms with Crippen LogP contribution in [0.5, 0.6) is 11.5 Å². The third-order valence-electron chi connectivity index (χ3n) is 2.92. The fraction of sp³-hybridized carbons (Fsp3) is 0.417. The third-order valence-corrected chi connectivity index (χ3v) is 2.92. The number of benzene rings is 1. The molecule has 1 aliphatic carbocycles. The molecule has 0 saturated heterocycles. The van der Waals surface area contributed by atoms with Gasteiger partial charge in [-0.3, -0.25) is 0 Å². The molecule has 0 unspecified atom stereocenters. The molecule has 4 nitrogen and oxygen atoms in total. The van der Waals surface area contributed by atoms with Gasteiger partial charge in [-0.15, -0.1) is 0 Å². The van der Waals surface area contributed by atoms with Crippen LogP contribution in [0.25, 0.3) is 0 Å². The molecule has 0 bridgehead atoms. The summed E-state index contributed by atoms with van der Waals surface area (Å²) in [5, 5.41) is 12.4. The van der Waals surface area contributed by atoms with Crippen molar-refractivity contribution in [2.75, 3.05) is 14.2 Å². The van der Waals surface area contributed by atoms with E-state index in [2.05, 4.69) is 5.16 Å². The standard InChI is InChI=1S/C12H15NO3/c1-15-10-6-7-11(16-2)12-8(10)4-3-5-9(12)13-14/h6-7,14H,3-5H2,1-2H3. The summed E-state index contributed by atoms with van der Waals surface area (Å²) in [5.41, 5.74) is 2.63. The lowest BCUT2D eigenvalue weighted by Gasteiger charge is -2.21. The van der Waals surface area contributed by atoms with Gasteiger partial charge in [0.15, 0.2) is 0 Å². The van der Waals surface area contributed by atoms with Gasteiger partial charge in [-0.25, -0.2) is 0 Å². The molecule has 1 aromatic rings. The van der Waals surface area contributed by atoms with Crippen LogP contribution in [0.4, 0.5) is 0 Å². The van der Waals surface area contributed by atoms with Crippen LogP contribution >= 0.6 is 0 Å². The average molecular weight is 221 g/mol. The van der Waals surface area contributed by atoms with Crippen LogP contribution in [0, 0.1) is 0 Å². The first-order valence-corrected chi connectivity index (χ1v) is 5.27. The Morgan fingerprint density at radius 1 is 1.12 bits per heavy atom. The molecular formula is C12H15NO3. The van der Waals surface area contributed by atoms with Crippen molar-refractivity contribution >= 4 is 5.71 Å². The van der Waals surface area contributed by atoms with E-state index in [-0.39, 0.29) is 0 Å². The first-order valence-electron chi connectivity index (χ1n) is 5.27. The molecule has 0 atom stereocenters. The molecule has 1 aromatic carbocycles. The zero-order chi connectivity index (χ0) is 11.5. The van der Waals surface area contributed by atoms with Crippen molar-refractivity contribution in [3.63, 3.8) is 0 Å². The van der Waals surface area contributed by atoms with E-state index in [1.165, 1.54) is 0 Å². The Morgan fingerprint density at radius 2 is 1.81 bits per heavy atom. The van der Waals surface area contributed by atoms with Crippen molar-refractivity contribution in [3.8, 4) is 11.5 Å². The molecule has 16 heavy (non-hydrogen) atoms. The van der Waals surface area contributed by atoms with Crippen LogP contribution in [0.15, 0.2) is 17.3 Å². The summed E-state index contributed by atoms with van der Waals surface area (Å²) < 4.78 is 10.6. The first kappa shape index (κ1) is 10.8. The molecule has 0 amide bonds. The van der Waals surface area contributed by atoms with Gasteiger partial charge in [-0.2, -0.15) is 0 Å². The molecular weight excluding hydrogens is 206 g/mol. The quantitative estimate of drug-likeness (QED) is 0.615. The Balaban J connectivity index is 2.64. The van der Waals surface area contributed by atoms with Crippen LogP contribution in [-0.4, -0.2) is 25.1 Å². The summed E-state index contributed by atoms with van der Waals surface area (Å²) in [6.45, 7) is 0. The minimum atomic E-state index is 0.678. The smallest absolute Gasteiger partial charge is 0.128 e. The van der Waals surface area contributed by atoms with Gasteiger partial charge in [-0.1, -0.05) is 5.16 Å². The van der Waals surface area contributed by atoms with Crippen molar-refractivity contribution in [2.45, 2.75) is 19.3 Å². The maximum atomic E-state index is 9.01. The van der Waals surface area contributed by atoms with Crippen molar-refractivity contribution in [3.05, 3.63) is 23.3 Å². The highest BCUT2D eigenvalue weighted by Gasteiger charge is 2.23. The fourth-order valence-electron chi connectivity index (χ4n) is 2.19. The number of nitrogens with zero attached hydrogens (tertiary/aromatic N) is 1. The summed E-state index contributed by atoms with van der Waals surface area (Å²) in [7, 11) is 3.26. The molecule has 0 spiro atoms. The van der Waals surface area contributed by atoms with Gasteiger partial charge in [0, 0.05) is 11.1 Å². The highest BCUT2D eigenvalue weighted by atomic mass is 16.5. The average Bonchev–Trinajstić information content (AvgIpc) is 2.36. The Morgan fingerprint density at radius 3 is 2.44 bits per heavy atom. The fourth-order valence-corrected chi connectivity index (χ4v) is 2.19. The second kappa shape index (κ2) is 4.43. The predicted octanol–water partition coefficient (Wildman–Crippen LogP) is 2.22. The Hall–Kier alpha value is -1.71. The third kappa shape index (κ3) is 1.60. The van der Waals surface area contributed by atoms with Crippen LogP contribution in [0.1, 0.15) is 24.0 Å². The van der Waals surface area contributed by atoms with E-state index in [1.807, 2.05) is 12.1 Å². The normalized spacial score (nSPS) is 17.0. The highest BCUT2D eigenvalue weighted by molar-refractivity contribution is 6.05. The maximum Gasteiger partial charge on any atom is 0.128 e. The SMILES string of the molecule is COc1ccc(OC)c2c1CCCC2=NO. The molecule has 86 valence electrons. The second-order valence-electron chi connectivity index (χ2n) is 3.72. The van der Waals surface area contributed by atoms with Gasteiger partial charge in [0.25, 0.3) is 0 Å². The summed E-state index contributed by atoms with van der Waals surface area (Å²) in [4.78, 5) is 0. The lowest BCUT2D eigenvalue weighted by atomic mass is 9.88. The number of hydrogen-bond donors (Lipinski definition) is 1. The first-order chi connectivity index (χ1) is 7.81. The molecule has 0 heterocycles. The summed E-state index contributed by atoms with van der Waals surface area (Å²) >= 11 is 0. The van der Waals surface area contributed by atoms with Crippen LogP contribution in [0.3, 0.4) is 0 Å². The predicted molar refractivity (Wildman–Crippen MR) is 60.8 cm³/mol. The molecule has 0 aliphatic heterocycles. The molecule has 1 N–H and O–H groups in total. The molecule has 0 radical (unpaired) electrons. The van der Waals surface area contributed by atoms with Crippen LogP contribution in [-0.2, 0) is 6.42 Å². The van der Waals surface area contributed by atoms with Crippen molar-refractivity contribution < 1.29 is 14.7 Å². The molecule has 2 rings (SSSR count). The van der Waals surface area contributed by atoms with E-state index < -0.39 is 0 Å². The zero-order valence-electron chi connectivity index (χ0n) is 9.49. The van der Waals surface area contributed by atoms with Crippen LogP contribution < -0.4 is 9.47 Å². The van der Waals surface area contributed by atoms with E-state index in [9.17, 15) is 0 Å². The molecule has 4 heteroatoms. The van der Waals surface area contributed by atoms with Crippen LogP contribution in [0.2, 0.25) is 0 Å². The van der Waals surface area contributed by atoms with E-state index in [1.54, 1.807) is 14.2 Å². The van der Waals surface area contributed by atoms with Gasteiger partial charge < -0.3 is 14.7 Å². The Bertz CT molecular complexity index is 427. The number of fused-ring (bicyclic) bond motifs is 1. The topological polar surface area (TPSA) is 51.0 Å². The van der Waals surface area contributed by atoms with E-state index in [4.69, 9.17) is 14.7 Å². The summed E-state index contributed by atoms with van der Waals surface area (Å²) in [6, 6.07) is 3.73. The number of ether oxygens (including phenoxy) is 2. The monoisotopic (exact) mass is 221 g/mol. The van der Waals surface area contributed by atoms with E-state index >= 15 is 0 Å². The molecule has 0 saturated carbocycles. The Labute approximate surface area is 94.5 Å². The molecule has 1 aliphatic rings. The highest BCUT2D eigenvalue weighted by Crippen LogP contribution is 2.36. The second-order valence-corrected chi connectivity index (χ2v) is 3.72. The van der Waals surface area contributed by atoms with Gasteiger partial charge >= 0.3 is 0 Å². The van der Waals surface area contributed by atoms with Gasteiger partial charge in [0.05, 0.1) is 19.9 Å². The number of methoxy groups -OCH3 is 2. The maximum absolute atomic E-state index is 9.01. The van der Waals surface area contributed by atoms with Crippen molar-refractivity contribution in [1.82, 2.24) is 0 Å². The number of hydrogen-bond acceptors (Lipinski definition) is 4. The number of oxime groups is 1. The summed E-state index contributed by atoms with van der Waals surface area (Å²) in [6.07, 6.45) is 2.66. The lowest BCUT2D eigenvalue weighted by Crippen LogP contribution is -2.14. The van der Waals surface area contributed by atoms with Crippen molar-refractivity contribution in [2.24, 2.45) is 5.16 Å². The number of rotatable bonds is 2. The van der Waals surface area contributed by atoms with E-state index in [0.29, 0.717) is 5.71 Å². The minimum Gasteiger partial charge on any atom is -0.496 e. The van der Waals surface area contributed by atoms with Crippen molar-refractivity contribution in [1.29, 1.82) is 0 Å². The molecule has 0 aromatic heterocycles. The Kier molecular flexibility index (Phi) is 2.99. The van der Waals surface area contributed by atoms with Gasteiger partial charge in [0.1, 0.15) is 11.5 Å². The van der Waals surface area contributed by atoms with Gasteiger partial charge in [-0.05, 0) is 31.4 Å². The molecule has 0 fully saturated rings. The zero-order valence-corrected chi connectivity index (χ0v) is 9.49. The lowest BCUT2D eigenvalue weighted by molar-refractivity contribution is 0.316. The minimum absolute atomic E-state index is 0.678.